The maximum Gasteiger partial charge on any atom is 0.253 e. The molecule has 0 bridgehead atoms. The molecule has 1 heterocycles. The van der Waals surface area contributed by atoms with Gasteiger partial charge in [-0.25, -0.2) is 0 Å². The third-order valence-corrected chi connectivity index (χ3v) is 5.71. The molecule has 1 aromatic carbocycles. The summed E-state index contributed by atoms with van der Waals surface area (Å²) in [7, 11) is 0. The van der Waals surface area contributed by atoms with Gasteiger partial charge in [0.2, 0.25) is 0 Å². The minimum absolute atomic E-state index is 0.0622. The first-order valence-corrected chi connectivity index (χ1v) is 11.4. The fraction of sp³-hybridized carbons (Fsp3) is 0.478. The molecular formula is C23H31BrClN3O. The second-order valence-corrected chi connectivity index (χ2v) is 9.19. The van der Waals surface area contributed by atoms with Gasteiger partial charge in [-0.1, -0.05) is 74.1 Å². The molecule has 1 aliphatic rings. The summed E-state index contributed by atoms with van der Waals surface area (Å²) in [6, 6.07) is 5.55. The van der Waals surface area contributed by atoms with Crippen molar-refractivity contribution in [1.82, 2.24) is 5.32 Å². The van der Waals surface area contributed by atoms with Crippen molar-refractivity contribution < 1.29 is 4.79 Å². The van der Waals surface area contributed by atoms with Crippen LogP contribution in [0.5, 0.6) is 0 Å². The third kappa shape index (κ3) is 7.31. The topological polar surface area (TPSA) is 53.5 Å². The molecule has 158 valence electrons. The Labute approximate surface area is 188 Å². The van der Waals surface area contributed by atoms with E-state index in [-0.39, 0.29) is 17.9 Å². The molecular weight excluding hydrogens is 450 g/mol. The SMILES string of the molecule is CCCCC(C)CNC(=O)C1=CN=CC(Nc2ccc(Br)cc2Cl)C=C1C(C)C. The van der Waals surface area contributed by atoms with Crippen LogP contribution >= 0.6 is 27.5 Å². The minimum atomic E-state index is -0.156. The van der Waals surface area contributed by atoms with Gasteiger partial charge < -0.3 is 10.6 Å². The van der Waals surface area contributed by atoms with E-state index < -0.39 is 0 Å². The van der Waals surface area contributed by atoms with E-state index in [1.165, 1.54) is 12.8 Å². The number of nitrogens with one attached hydrogen (secondary N) is 2. The van der Waals surface area contributed by atoms with Gasteiger partial charge in [0.15, 0.2) is 0 Å². The number of hydrogen-bond acceptors (Lipinski definition) is 3. The first-order valence-electron chi connectivity index (χ1n) is 10.3. The van der Waals surface area contributed by atoms with Crippen molar-refractivity contribution >= 4 is 45.3 Å². The number of anilines is 1. The highest BCUT2D eigenvalue weighted by molar-refractivity contribution is 9.10. The van der Waals surface area contributed by atoms with Crippen molar-refractivity contribution in [3.05, 3.63) is 51.1 Å². The predicted octanol–water partition coefficient (Wildman–Crippen LogP) is 6.38. The Bertz CT molecular complexity index is 801. The number of halogens is 2. The fourth-order valence-corrected chi connectivity index (χ4v) is 3.91. The Morgan fingerprint density at radius 2 is 2.07 bits per heavy atom. The standard InChI is InChI=1S/C23H31BrClN3O/c1-5-6-7-16(4)12-27-23(29)20-14-26-13-18(11-19(20)15(2)3)28-22-9-8-17(24)10-21(22)25/h8-11,13-16,18,28H,5-7,12H2,1-4H3,(H,27,29). The van der Waals surface area contributed by atoms with Gasteiger partial charge in [0, 0.05) is 23.4 Å². The molecule has 2 rings (SSSR count). The van der Waals surface area contributed by atoms with Crippen LogP contribution in [0.15, 0.2) is 51.1 Å². The van der Waals surface area contributed by atoms with Crippen molar-refractivity contribution in [2.75, 3.05) is 11.9 Å². The van der Waals surface area contributed by atoms with E-state index in [1.54, 1.807) is 12.4 Å². The molecule has 29 heavy (non-hydrogen) atoms. The highest BCUT2D eigenvalue weighted by Crippen LogP contribution is 2.28. The van der Waals surface area contributed by atoms with Gasteiger partial charge in [0.1, 0.15) is 0 Å². The first kappa shape index (κ1) is 23.7. The molecule has 0 fully saturated rings. The molecule has 0 saturated carbocycles. The largest absolute Gasteiger partial charge is 0.373 e. The van der Waals surface area contributed by atoms with Crippen molar-refractivity contribution in [1.29, 1.82) is 0 Å². The maximum absolute atomic E-state index is 12.9. The maximum atomic E-state index is 12.9. The van der Waals surface area contributed by atoms with Gasteiger partial charge >= 0.3 is 0 Å². The molecule has 1 amide bonds. The van der Waals surface area contributed by atoms with Gasteiger partial charge in [0.05, 0.1) is 22.3 Å². The fourth-order valence-electron chi connectivity index (χ4n) is 3.19. The zero-order valence-electron chi connectivity index (χ0n) is 17.6. The minimum Gasteiger partial charge on any atom is -0.373 e. The van der Waals surface area contributed by atoms with Crippen molar-refractivity contribution in [2.24, 2.45) is 16.8 Å². The Morgan fingerprint density at radius 1 is 1.31 bits per heavy atom. The van der Waals surface area contributed by atoms with Gasteiger partial charge in [-0.3, -0.25) is 9.79 Å². The van der Waals surface area contributed by atoms with Gasteiger partial charge in [-0.2, -0.15) is 0 Å². The van der Waals surface area contributed by atoms with Crippen LogP contribution in [-0.2, 0) is 4.79 Å². The molecule has 4 nitrogen and oxygen atoms in total. The highest BCUT2D eigenvalue weighted by atomic mass is 79.9. The number of hydrogen-bond donors (Lipinski definition) is 2. The van der Waals surface area contributed by atoms with Crippen molar-refractivity contribution in [2.45, 2.75) is 53.0 Å². The van der Waals surface area contributed by atoms with Crippen molar-refractivity contribution in [3.63, 3.8) is 0 Å². The van der Waals surface area contributed by atoms with Crippen molar-refractivity contribution in [3.8, 4) is 0 Å². The van der Waals surface area contributed by atoms with E-state index in [4.69, 9.17) is 11.6 Å². The molecule has 0 aromatic heterocycles. The van der Waals surface area contributed by atoms with Crippen LogP contribution in [0.25, 0.3) is 0 Å². The molecule has 0 aliphatic carbocycles. The third-order valence-electron chi connectivity index (χ3n) is 4.90. The number of rotatable bonds is 9. The summed E-state index contributed by atoms with van der Waals surface area (Å²) in [6.07, 6.45) is 9.02. The quantitative estimate of drug-likeness (QED) is 0.431. The number of aliphatic imine (C=N–C) groups is 1. The molecule has 2 N–H and O–H groups in total. The molecule has 6 heteroatoms. The Hall–Kier alpha value is -1.59. The lowest BCUT2D eigenvalue weighted by Gasteiger charge is -2.19. The summed E-state index contributed by atoms with van der Waals surface area (Å²) in [5.41, 5.74) is 2.43. The molecule has 0 saturated heterocycles. The predicted molar refractivity (Wildman–Crippen MR) is 128 cm³/mol. The van der Waals surface area contributed by atoms with Crippen LogP contribution in [0.1, 0.15) is 47.0 Å². The molecule has 2 unspecified atom stereocenters. The van der Waals surface area contributed by atoms with E-state index in [1.807, 2.05) is 18.2 Å². The average molecular weight is 481 g/mol. The monoisotopic (exact) mass is 479 g/mol. The number of carbonyl (C=O) groups excluding carboxylic acids is 1. The molecule has 0 spiro atoms. The highest BCUT2D eigenvalue weighted by Gasteiger charge is 2.21. The molecule has 1 aliphatic heterocycles. The summed E-state index contributed by atoms with van der Waals surface area (Å²) in [5, 5.41) is 7.10. The Balaban J connectivity index is 2.12. The smallest absolute Gasteiger partial charge is 0.253 e. The lowest BCUT2D eigenvalue weighted by molar-refractivity contribution is -0.117. The van der Waals surface area contributed by atoms with E-state index in [0.29, 0.717) is 23.1 Å². The second-order valence-electron chi connectivity index (χ2n) is 7.87. The van der Waals surface area contributed by atoms with E-state index in [9.17, 15) is 4.79 Å². The summed E-state index contributed by atoms with van der Waals surface area (Å²) in [4.78, 5) is 17.3. The van der Waals surface area contributed by atoms with Crippen LogP contribution < -0.4 is 10.6 Å². The van der Waals surface area contributed by atoms with E-state index in [2.05, 4.69) is 65.3 Å². The summed E-state index contributed by atoms with van der Waals surface area (Å²) >= 11 is 9.76. The van der Waals surface area contributed by atoms with E-state index >= 15 is 0 Å². The lowest BCUT2D eigenvalue weighted by atomic mass is 9.93. The number of unbranched alkanes of at least 4 members (excludes halogenated alkanes) is 1. The number of carbonyl (C=O) groups is 1. The van der Waals surface area contributed by atoms with Crippen LogP contribution in [0.2, 0.25) is 5.02 Å². The molecule has 1 aromatic rings. The van der Waals surface area contributed by atoms with Gasteiger partial charge in [-0.05, 0) is 42.0 Å². The summed E-state index contributed by atoms with van der Waals surface area (Å²) in [5.74, 6) is 0.595. The van der Waals surface area contributed by atoms with Crippen LogP contribution in [0.3, 0.4) is 0 Å². The Morgan fingerprint density at radius 3 is 2.72 bits per heavy atom. The zero-order chi connectivity index (χ0) is 21.4. The lowest BCUT2D eigenvalue weighted by Crippen LogP contribution is -2.31. The van der Waals surface area contributed by atoms with Gasteiger partial charge in [-0.15, -0.1) is 0 Å². The Kier molecular flexibility index (Phi) is 9.44. The first-order chi connectivity index (χ1) is 13.8. The number of amides is 1. The number of nitrogens with zero attached hydrogens (tertiary/aromatic N) is 1. The van der Waals surface area contributed by atoms with E-state index in [0.717, 1.165) is 22.2 Å². The zero-order valence-corrected chi connectivity index (χ0v) is 20.0. The summed E-state index contributed by atoms with van der Waals surface area (Å²) < 4.78 is 0.926. The van der Waals surface area contributed by atoms with Crippen LogP contribution in [0.4, 0.5) is 5.69 Å². The molecule has 2 atom stereocenters. The van der Waals surface area contributed by atoms with Crippen LogP contribution in [0, 0.1) is 11.8 Å². The summed E-state index contributed by atoms with van der Waals surface area (Å²) in [6.45, 7) is 9.22. The van der Waals surface area contributed by atoms with Gasteiger partial charge in [0.25, 0.3) is 5.91 Å². The second kappa shape index (κ2) is 11.6. The normalized spacial score (nSPS) is 17.4. The number of benzene rings is 1. The average Bonchev–Trinajstić information content (AvgIpc) is 2.89. The van der Waals surface area contributed by atoms with Crippen LogP contribution in [-0.4, -0.2) is 24.7 Å². The molecule has 0 radical (unpaired) electrons.